The molecule has 100 valence electrons. The van der Waals surface area contributed by atoms with Crippen molar-refractivity contribution in [2.24, 2.45) is 0 Å². The quantitative estimate of drug-likeness (QED) is 0.775. The van der Waals surface area contributed by atoms with E-state index in [1.165, 1.54) is 6.42 Å². The molecule has 0 aromatic rings. The van der Waals surface area contributed by atoms with Crippen LogP contribution in [0.25, 0.3) is 0 Å². The number of hydrogen-bond acceptors (Lipinski definition) is 2. The molecule has 1 saturated heterocycles. The third-order valence-electron chi connectivity index (χ3n) is 3.83. The number of halogens is 3. The van der Waals surface area contributed by atoms with Crippen molar-refractivity contribution < 1.29 is 17.9 Å². The second kappa shape index (κ2) is 5.14. The van der Waals surface area contributed by atoms with E-state index in [1.807, 2.05) is 0 Å². The Balaban J connectivity index is 1.62. The summed E-state index contributed by atoms with van der Waals surface area (Å²) >= 11 is 0. The SMILES string of the molecule is FC(F)(F)CCCNC1CCOC2(CCC2)C1. The van der Waals surface area contributed by atoms with Gasteiger partial charge in [0.05, 0.1) is 5.60 Å². The molecule has 0 bridgehead atoms. The van der Waals surface area contributed by atoms with Gasteiger partial charge in [-0.25, -0.2) is 0 Å². The Labute approximate surface area is 99.9 Å². The van der Waals surface area contributed by atoms with Gasteiger partial charge in [0.15, 0.2) is 0 Å². The van der Waals surface area contributed by atoms with Crippen molar-refractivity contribution in [3.63, 3.8) is 0 Å². The number of hydrogen-bond donors (Lipinski definition) is 1. The minimum Gasteiger partial charge on any atom is -0.375 e. The van der Waals surface area contributed by atoms with Crippen molar-refractivity contribution in [2.75, 3.05) is 13.2 Å². The molecular weight excluding hydrogens is 231 g/mol. The number of nitrogens with one attached hydrogen (secondary N) is 1. The van der Waals surface area contributed by atoms with Crippen LogP contribution < -0.4 is 5.32 Å². The molecular formula is C12H20F3NO. The molecule has 1 atom stereocenters. The molecule has 1 N–H and O–H groups in total. The average molecular weight is 251 g/mol. The zero-order valence-corrected chi connectivity index (χ0v) is 9.98. The van der Waals surface area contributed by atoms with E-state index in [2.05, 4.69) is 5.32 Å². The van der Waals surface area contributed by atoms with E-state index in [4.69, 9.17) is 4.74 Å². The Hall–Kier alpha value is -0.290. The monoisotopic (exact) mass is 251 g/mol. The first kappa shape index (κ1) is 13.1. The van der Waals surface area contributed by atoms with Gasteiger partial charge < -0.3 is 10.1 Å². The molecule has 1 unspecified atom stereocenters. The molecule has 2 nitrogen and oxygen atoms in total. The summed E-state index contributed by atoms with van der Waals surface area (Å²) in [6, 6.07) is 0.345. The lowest BCUT2D eigenvalue weighted by atomic mass is 9.74. The fourth-order valence-electron chi connectivity index (χ4n) is 2.72. The Bertz CT molecular complexity index is 251. The standard InChI is InChI=1S/C12H20F3NO/c13-12(14,15)6-2-7-16-10-3-8-17-11(9-10)4-1-5-11/h10,16H,1-9H2. The third-order valence-corrected chi connectivity index (χ3v) is 3.83. The first-order valence-corrected chi connectivity index (χ1v) is 6.43. The maximum absolute atomic E-state index is 12.0. The summed E-state index contributed by atoms with van der Waals surface area (Å²) in [5.41, 5.74) is 0.0694. The summed E-state index contributed by atoms with van der Waals surface area (Å²) in [6.45, 7) is 1.21. The van der Waals surface area contributed by atoms with Crippen molar-refractivity contribution in [3.05, 3.63) is 0 Å². The molecule has 1 heterocycles. The first-order valence-electron chi connectivity index (χ1n) is 6.43. The molecule has 0 amide bonds. The molecule has 0 aromatic heterocycles. The van der Waals surface area contributed by atoms with Crippen LogP contribution in [0.3, 0.4) is 0 Å². The summed E-state index contributed by atoms with van der Waals surface area (Å²) in [7, 11) is 0. The second-order valence-electron chi connectivity index (χ2n) is 5.25. The minimum absolute atomic E-state index is 0.0694. The van der Waals surface area contributed by atoms with Gasteiger partial charge in [-0.05, 0) is 45.1 Å². The molecule has 0 aromatic carbocycles. The fraction of sp³-hybridized carbons (Fsp3) is 1.00. The molecule has 1 aliphatic carbocycles. The van der Waals surface area contributed by atoms with Gasteiger partial charge in [0.2, 0.25) is 0 Å². The largest absolute Gasteiger partial charge is 0.389 e. The van der Waals surface area contributed by atoms with E-state index in [1.54, 1.807) is 0 Å². The zero-order valence-electron chi connectivity index (χ0n) is 9.98. The summed E-state index contributed by atoms with van der Waals surface area (Å²) in [6.07, 6.45) is 0.823. The Kier molecular flexibility index (Phi) is 3.98. The van der Waals surface area contributed by atoms with Crippen molar-refractivity contribution in [3.8, 4) is 0 Å². The Morgan fingerprint density at radius 3 is 2.65 bits per heavy atom. The van der Waals surface area contributed by atoms with Crippen LogP contribution in [0.2, 0.25) is 0 Å². The van der Waals surface area contributed by atoms with Gasteiger partial charge in [-0.2, -0.15) is 13.2 Å². The maximum Gasteiger partial charge on any atom is 0.389 e. The van der Waals surface area contributed by atoms with Crippen molar-refractivity contribution >= 4 is 0 Å². The molecule has 5 heteroatoms. The summed E-state index contributed by atoms with van der Waals surface area (Å²) < 4.78 is 41.7. The van der Waals surface area contributed by atoms with Gasteiger partial charge in [-0.1, -0.05) is 0 Å². The lowest BCUT2D eigenvalue weighted by Crippen LogP contribution is -2.51. The molecule has 0 radical (unpaired) electrons. The van der Waals surface area contributed by atoms with Crippen LogP contribution in [0.15, 0.2) is 0 Å². The lowest BCUT2D eigenvalue weighted by Gasteiger charge is -2.47. The van der Waals surface area contributed by atoms with Crippen LogP contribution in [0, 0.1) is 0 Å². The van der Waals surface area contributed by atoms with Gasteiger partial charge in [0.25, 0.3) is 0 Å². The van der Waals surface area contributed by atoms with Gasteiger partial charge in [0.1, 0.15) is 0 Å². The highest BCUT2D eigenvalue weighted by atomic mass is 19.4. The van der Waals surface area contributed by atoms with Gasteiger partial charge >= 0.3 is 6.18 Å². The van der Waals surface area contributed by atoms with Gasteiger partial charge in [-0.3, -0.25) is 0 Å². The minimum atomic E-state index is -4.02. The maximum atomic E-state index is 12.0. The molecule has 2 aliphatic rings. The number of rotatable bonds is 4. The van der Waals surface area contributed by atoms with E-state index in [0.29, 0.717) is 12.6 Å². The van der Waals surface area contributed by atoms with Crippen molar-refractivity contribution in [1.29, 1.82) is 0 Å². The van der Waals surface area contributed by atoms with Crippen LogP contribution >= 0.6 is 0 Å². The topological polar surface area (TPSA) is 21.3 Å². The number of ether oxygens (including phenoxy) is 1. The summed E-state index contributed by atoms with van der Waals surface area (Å²) in [4.78, 5) is 0. The molecule has 2 rings (SSSR count). The van der Waals surface area contributed by atoms with E-state index in [0.717, 1.165) is 32.3 Å². The highest BCUT2D eigenvalue weighted by Crippen LogP contribution is 2.42. The lowest BCUT2D eigenvalue weighted by molar-refractivity contribution is -0.139. The Morgan fingerprint density at radius 1 is 1.29 bits per heavy atom. The normalized spacial score (nSPS) is 28.1. The van der Waals surface area contributed by atoms with E-state index >= 15 is 0 Å². The van der Waals surface area contributed by atoms with Gasteiger partial charge in [-0.15, -0.1) is 0 Å². The molecule has 1 aliphatic heterocycles. The highest BCUT2D eigenvalue weighted by Gasteiger charge is 2.42. The van der Waals surface area contributed by atoms with Crippen LogP contribution in [-0.2, 0) is 4.74 Å². The van der Waals surface area contributed by atoms with Crippen LogP contribution in [0.5, 0.6) is 0 Å². The fourth-order valence-corrected chi connectivity index (χ4v) is 2.72. The van der Waals surface area contributed by atoms with Crippen LogP contribution in [0.1, 0.15) is 44.9 Å². The van der Waals surface area contributed by atoms with Crippen LogP contribution in [0.4, 0.5) is 13.2 Å². The third kappa shape index (κ3) is 3.85. The molecule has 17 heavy (non-hydrogen) atoms. The van der Waals surface area contributed by atoms with Crippen molar-refractivity contribution in [2.45, 2.75) is 62.8 Å². The van der Waals surface area contributed by atoms with E-state index in [-0.39, 0.29) is 12.0 Å². The smallest absolute Gasteiger partial charge is 0.375 e. The van der Waals surface area contributed by atoms with Crippen LogP contribution in [-0.4, -0.2) is 31.0 Å². The summed E-state index contributed by atoms with van der Waals surface area (Å²) in [5, 5.41) is 3.24. The van der Waals surface area contributed by atoms with Crippen molar-refractivity contribution in [1.82, 2.24) is 5.32 Å². The second-order valence-corrected chi connectivity index (χ2v) is 5.25. The molecule has 1 spiro atoms. The first-order chi connectivity index (χ1) is 7.99. The predicted molar refractivity (Wildman–Crippen MR) is 58.8 cm³/mol. The number of alkyl halides is 3. The van der Waals surface area contributed by atoms with E-state index in [9.17, 15) is 13.2 Å². The average Bonchev–Trinajstić information content (AvgIpc) is 2.21. The predicted octanol–water partition coefficient (Wildman–Crippen LogP) is 3.02. The molecule has 1 saturated carbocycles. The molecule has 2 fully saturated rings. The van der Waals surface area contributed by atoms with Gasteiger partial charge in [0, 0.05) is 19.1 Å². The van der Waals surface area contributed by atoms with E-state index < -0.39 is 12.6 Å². The highest BCUT2D eigenvalue weighted by molar-refractivity contribution is 4.95. The Morgan fingerprint density at radius 2 is 2.06 bits per heavy atom. The summed E-state index contributed by atoms with van der Waals surface area (Å²) in [5.74, 6) is 0. The zero-order chi connectivity index (χ0) is 12.4.